The lowest BCUT2D eigenvalue weighted by Crippen LogP contribution is -2.70. The van der Waals surface area contributed by atoms with Crippen LogP contribution in [0.15, 0.2) is 0 Å². The predicted octanol–water partition coefficient (Wildman–Crippen LogP) is 0.805. The molecule has 19 heavy (non-hydrogen) atoms. The first-order valence-corrected chi connectivity index (χ1v) is 7.48. The maximum Gasteiger partial charge on any atom is 0.317 e. The van der Waals surface area contributed by atoms with E-state index < -0.39 is 0 Å². The Morgan fingerprint density at radius 2 is 2.32 bits per heavy atom. The van der Waals surface area contributed by atoms with Crippen LogP contribution in [0, 0.1) is 11.8 Å². The van der Waals surface area contributed by atoms with Crippen LogP contribution in [0.2, 0.25) is 0 Å². The van der Waals surface area contributed by atoms with Crippen molar-refractivity contribution < 1.29 is 9.53 Å². The number of rotatable bonds is 3. The summed E-state index contributed by atoms with van der Waals surface area (Å²) in [5.41, 5.74) is -0.101. The maximum absolute atomic E-state index is 12.2. The van der Waals surface area contributed by atoms with E-state index in [1.54, 1.807) is 0 Å². The molecule has 0 aromatic rings. The van der Waals surface area contributed by atoms with Gasteiger partial charge in [-0.15, -0.1) is 0 Å². The van der Waals surface area contributed by atoms with Crippen LogP contribution in [0.1, 0.15) is 26.7 Å². The van der Waals surface area contributed by atoms with Crippen molar-refractivity contribution in [1.29, 1.82) is 0 Å². The fourth-order valence-electron chi connectivity index (χ4n) is 3.18. The summed E-state index contributed by atoms with van der Waals surface area (Å²) in [6.45, 7) is 8.34. The van der Waals surface area contributed by atoms with Gasteiger partial charge in [0.25, 0.3) is 0 Å². The minimum absolute atomic E-state index is 0.101. The van der Waals surface area contributed by atoms with Crippen LogP contribution in [0.5, 0.6) is 0 Å². The van der Waals surface area contributed by atoms with Crippen LogP contribution >= 0.6 is 0 Å². The molecule has 0 bridgehead atoms. The number of morpholine rings is 1. The van der Waals surface area contributed by atoms with Crippen molar-refractivity contribution in [2.24, 2.45) is 11.8 Å². The molecular weight excluding hydrogens is 242 g/mol. The van der Waals surface area contributed by atoms with Gasteiger partial charge in [0.05, 0.1) is 13.2 Å². The van der Waals surface area contributed by atoms with Crippen LogP contribution in [0.25, 0.3) is 0 Å². The topological polar surface area (TPSA) is 53.6 Å². The second-order valence-electron chi connectivity index (χ2n) is 6.74. The molecule has 108 valence electrons. The summed E-state index contributed by atoms with van der Waals surface area (Å²) in [5.74, 6) is 1.42. The van der Waals surface area contributed by atoms with Gasteiger partial charge < -0.3 is 20.3 Å². The third kappa shape index (κ3) is 2.87. The lowest BCUT2D eigenvalue weighted by Gasteiger charge is -2.48. The molecule has 3 rings (SSSR count). The normalized spacial score (nSPS) is 32.3. The molecule has 3 aliphatic rings. The van der Waals surface area contributed by atoms with Gasteiger partial charge >= 0.3 is 6.03 Å². The minimum atomic E-state index is -0.101. The predicted molar refractivity (Wildman–Crippen MR) is 73.0 cm³/mol. The lowest BCUT2D eigenvalue weighted by atomic mass is 9.95. The summed E-state index contributed by atoms with van der Waals surface area (Å²) in [6, 6.07) is 0.513. The van der Waals surface area contributed by atoms with Crippen LogP contribution in [-0.2, 0) is 4.74 Å². The SMILES string of the molecule is CC(C)C[C@@H]1C[C@H]1NC(=O)N1CCOC2(CNC2)C1. The Balaban J connectivity index is 1.46. The zero-order chi connectivity index (χ0) is 13.5. The third-order valence-electron chi connectivity index (χ3n) is 4.44. The van der Waals surface area contributed by atoms with E-state index in [9.17, 15) is 4.79 Å². The maximum atomic E-state index is 12.2. The van der Waals surface area contributed by atoms with E-state index in [1.165, 1.54) is 6.42 Å². The summed E-state index contributed by atoms with van der Waals surface area (Å²) < 4.78 is 5.79. The Bertz CT molecular complexity index is 355. The number of hydrogen-bond donors (Lipinski definition) is 2. The summed E-state index contributed by atoms with van der Waals surface area (Å²) in [5, 5.41) is 6.41. The molecule has 2 saturated heterocycles. The molecule has 0 aromatic carbocycles. The molecule has 2 atom stereocenters. The average Bonchev–Trinajstić information content (AvgIpc) is 3.04. The van der Waals surface area contributed by atoms with Crippen molar-refractivity contribution in [1.82, 2.24) is 15.5 Å². The molecule has 1 saturated carbocycles. The minimum Gasteiger partial charge on any atom is -0.369 e. The van der Waals surface area contributed by atoms with E-state index in [0.717, 1.165) is 38.5 Å². The highest BCUT2D eigenvalue weighted by atomic mass is 16.5. The van der Waals surface area contributed by atoms with Crippen LogP contribution in [0.3, 0.4) is 0 Å². The highest BCUT2D eigenvalue weighted by molar-refractivity contribution is 5.75. The second-order valence-corrected chi connectivity index (χ2v) is 6.74. The van der Waals surface area contributed by atoms with Gasteiger partial charge in [-0.25, -0.2) is 4.79 Å². The monoisotopic (exact) mass is 267 g/mol. The Morgan fingerprint density at radius 3 is 2.95 bits per heavy atom. The van der Waals surface area contributed by atoms with E-state index in [0.29, 0.717) is 18.6 Å². The molecule has 3 fully saturated rings. The lowest BCUT2D eigenvalue weighted by molar-refractivity contribution is -0.125. The van der Waals surface area contributed by atoms with Gasteiger partial charge in [-0.3, -0.25) is 0 Å². The number of hydrogen-bond acceptors (Lipinski definition) is 3. The molecule has 2 amide bonds. The molecule has 5 heteroatoms. The summed E-state index contributed by atoms with van der Waals surface area (Å²) in [7, 11) is 0. The van der Waals surface area contributed by atoms with Gasteiger partial charge in [0.1, 0.15) is 5.60 Å². The van der Waals surface area contributed by atoms with Crippen molar-refractivity contribution in [2.45, 2.75) is 38.3 Å². The van der Waals surface area contributed by atoms with Gasteiger partial charge in [-0.1, -0.05) is 13.8 Å². The Labute approximate surface area is 115 Å². The largest absolute Gasteiger partial charge is 0.369 e. The van der Waals surface area contributed by atoms with Gasteiger partial charge in [0.15, 0.2) is 0 Å². The van der Waals surface area contributed by atoms with Crippen molar-refractivity contribution in [3.8, 4) is 0 Å². The summed E-state index contributed by atoms with van der Waals surface area (Å²) in [6.07, 6.45) is 2.38. The number of nitrogens with one attached hydrogen (secondary N) is 2. The molecule has 5 nitrogen and oxygen atoms in total. The van der Waals surface area contributed by atoms with Gasteiger partial charge in [-0.05, 0) is 24.7 Å². The van der Waals surface area contributed by atoms with E-state index >= 15 is 0 Å². The summed E-state index contributed by atoms with van der Waals surface area (Å²) >= 11 is 0. The van der Waals surface area contributed by atoms with Gasteiger partial charge in [0, 0.05) is 25.7 Å². The molecular formula is C14H25N3O2. The molecule has 2 aliphatic heterocycles. The third-order valence-corrected chi connectivity index (χ3v) is 4.44. The van der Waals surface area contributed by atoms with E-state index in [1.807, 2.05) is 4.90 Å². The average molecular weight is 267 g/mol. The molecule has 0 radical (unpaired) electrons. The molecule has 2 heterocycles. The van der Waals surface area contributed by atoms with Crippen molar-refractivity contribution >= 4 is 6.03 Å². The molecule has 2 N–H and O–H groups in total. The number of carbonyl (C=O) groups is 1. The van der Waals surface area contributed by atoms with Crippen molar-refractivity contribution in [3.63, 3.8) is 0 Å². The van der Waals surface area contributed by atoms with Crippen molar-refractivity contribution in [3.05, 3.63) is 0 Å². The first-order chi connectivity index (χ1) is 9.08. The van der Waals surface area contributed by atoms with Gasteiger partial charge in [0.2, 0.25) is 0 Å². The standard InChI is InChI=1S/C14H25N3O2/c1-10(2)5-11-6-12(11)16-13(18)17-3-4-19-14(9-17)7-15-8-14/h10-12,15H,3-9H2,1-2H3,(H,16,18)/t11-,12-/m1/s1. The molecule has 0 aromatic heterocycles. The van der Waals surface area contributed by atoms with Crippen molar-refractivity contribution in [2.75, 3.05) is 32.8 Å². The first-order valence-electron chi connectivity index (χ1n) is 7.48. The highest BCUT2D eigenvalue weighted by Crippen LogP contribution is 2.36. The number of amides is 2. The highest BCUT2D eigenvalue weighted by Gasteiger charge is 2.45. The van der Waals surface area contributed by atoms with E-state index in [-0.39, 0.29) is 11.6 Å². The smallest absolute Gasteiger partial charge is 0.317 e. The fourth-order valence-corrected chi connectivity index (χ4v) is 3.18. The number of ether oxygens (including phenoxy) is 1. The van der Waals surface area contributed by atoms with Crippen LogP contribution < -0.4 is 10.6 Å². The van der Waals surface area contributed by atoms with E-state index in [4.69, 9.17) is 4.74 Å². The van der Waals surface area contributed by atoms with Gasteiger partial charge in [-0.2, -0.15) is 0 Å². The number of carbonyl (C=O) groups excluding carboxylic acids is 1. The molecule has 1 spiro atoms. The number of urea groups is 1. The zero-order valence-electron chi connectivity index (χ0n) is 11.9. The van der Waals surface area contributed by atoms with Crippen LogP contribution in [0.4, 0.5) is 4.79 Å². The zero-order valence-corrected chi connectivity index (χ0v) is 11.9. The fraction of sp³-hybridized carbons (Fsp3) is 0.929. The Hall–Kier alpha value is -0.810. The van der Waals surface area contributed by atoms with E-state index in [2.05, 4.69) is 24.5 Å². The number of nitrogens with zero attached hydrogens (tertiary/aromatic N) is 1. The second kappa shape index (κ2) is 4.94. The summed E-state index contributed by atoms with van der Waals surface area (Å²) in [4.78, 5) is 14.2. The molecule has 0 unspecified atom stereocenters. The van der Waals surface area contributed by atoms with Crippen LogP contribution in [-0.4, -0.2) is 55.4 Å². The first kappa shape index (κ1) is 13.2. The Morgan fingerprint density at radius 1 is 1.53 bits per heavy atom. The Kier molecular flexibility index (Phi) is 3.43. The quantitative estimate of drug-likeness (QED) is 0.795. The molecule has 1 aliphatic carbocycles.